The second-order valence-corrected chi connectivity index (χ2v) is 2.02. The maximum Gasteiger partial charge on any atom is 0.378 e. The van der Waals surface area contributed by atoms with Crippen molar-refractivity contribution < 1.29 is 33.3 Å². The van der Waals surface area contributed by atoms with Crippen LogP contribution in [0.4, 0.5) is 4.32 Å². The van der Waals surface area contributed by atoms with Gasteiger partial charge in [-0.25, -0.2) is 0 Å². The molecule has 0 fully saturated rings. The third kappa shape index (κ3) is 13.4. The van der Waals surface area contributed by atoms with Crippen LogP contribution in [0.25, 0.3) is 0 Å². The zero-order valence-corrected chi connectivity index (χ0v) is 7.39. The first-order valence-corrected chi connectivity index (χ1v) is 3.89. The zero-order chi connectivity index (χ0) is 10.6. The van der Waals surface area contributed by atoms with E-state index in [-0.39, 0.29) is 0 Å². The Kier molecular flexibility index (Phi) is 9.13. The standard InChI is InChI=1S/2C3H5O2.BFO2/c2*1-2-4-5-3-1;2-1(3)4/h2*2H,1,3H2;/q2*+1;-2. The molecule has 0 bridgehead atoms. The van der Waals surface area contributed by atoms with E-state index >= 15 is 0 Å². The molecule has 0 aromatic heterocycles. The van der Waals surface area contributed by atoms with Crippen molar-refractivity contribution in [3.05, 3.63) is 0 Å². The van der Waals surface area contributed by atoms with E-state index in [0.717, 1.165) is 26.1 Å². The predicted molar refractivity (Wildman–Crippen MR) is 40.1 cm³/mol. The SMILES string of the molecule is C1=[O+]OCC1.C1=[O+]OCC1.[O-]B([O-])F. The number of hydrogen-bond donors (Lipinski definition) is 0. The molecule has 14 heavy (non-hydrogen) atoms. The quantitative estimate of drug-likeness (QED) is 0.195. The average molecular weight is 208 g/mol. The molecule has 0 aromatic carbocycles. The molecule has 2 aliphatic rings. The predicted octanol–water partition coefficient (Wildman–Crippen LogP) is -2.23. The highest BCUT2D eigenvalue weighted by Crippen LogP contribution is 1.81. The fourth-order valence-electron chi connectivity index (χ4n) is 0.481. The van der Waals surface area contributed by atoms with Gasteiger partial charge in [0.15, 0.2) is 0 Å². The highest BCUT2D eigenvalue weighted by Gasteiger charge is 2.02. The summed E-state index contributed by atoms with van der Waals surface area (Å²) in [5.41, 5.74) is 0. The molecule has 6 nitrogen and oxygen atoms in total. The third-order valence-corrected chi connectivity index (χ3v) is 0.910. The molecule has 0 aromatic rings. The van der Waals surface area contributed by atoms with E-state index in [1.165, 1.54) is 0 Å². The molecule has 0 spiro atoms. The molecule has 8 heteroatoms. The van der Waals surface area contributed by atoms with Crippen LogP contribution >= 0.6 is 0 Å². The first-order valence-electron chi connectivity index (χ1n) is 3.89. The van der Waals surface area contributed by atoms with Crippen LogP contribution in [0, 0.1) is 0 Å². The second kappa shape index (κ2) is 9.94. The maximum atomic E-state index is 9.89. The van der Waals surface area contributed by atoms with Crippen molar-refractivity contribution in [3.8, 4) is 0 Å². The zero-order valence-electron chi connectivity index (χ0n) is 7.39. The van der Waals surface area contributed by atoms with Crippen LogP contribution in [0.3, 0.4) is 0 Å². The fourth-order valence-corrected chi connectivity index (χ4v) is 0.481. The molecule has 0 aliphatic carbocycles. The molecule has 0 saturated heterocycles. The Balaban J connectivity index is 0.000000183. The van der Waals surface area contributed by atoms with Crippen molar-refractivity contribution in [1.82, 2.24) is 0 Å². The Morgan fingerprint density at radius 2 is 1.43 bits per heavy atom. The highest BCUT2D eigenvalue weighted by atomic mass is 19.1. The first kappa shape index (κ1) is 12.9. The lowest BCUT2D eigenvalue weighted by Gasteiger charge is -2.09. The molecular weight excluding hydrogens is 198 g/mol. The van der Waals surface area contributed by atoms with E-state index in [9.17, 15) is 4.32 Å². The molecule has 0 unspecified atom stereocenters. The van der Waals surface area contributed by atoms with Gasteiger partial charge in [0.2, 0.25) is 13.2 Å². The number of rotatable bonds is 0. The van der Waals surface area contributed by atoms with Gasteiger partial charge >= 0.3 is 12.6 Å². The molecule has 2 aliphatic heterocycles. The van der Waals surface area contributed by atoms with Crippen LogP contribution < -0.4 is 10.0 Å². The minimum atomic E-state index is -3.17. The van der Waals surface area contributed by atoms with Gasteiger partial charge in [0, 0.05) is 9.15 Å². The lowest BCUT2D eigenvalue weighted by molar-refractivity contribution is -0.739. The van der Waals surface area contributed by atoms with E-state index < -0.39 is 7.40 Å². The number of hydrogen-bond acceptors (Lipinski definition) is 4. The van der Waals surface area contributed by atoms with Crippen molar-refractivity contribution >= 4 is 20.0 Å². The summed E-state index contributed by atoms with van der Waals surface area (Å²) < 4.78 is 18.5. The highest BCUT2D eigenvalue weighted by molar-refractivity contribution is 6.27. The van der Waals surface area contributed by atoms with Crippen LogP contribution in [0.2, 0.25) is 0 Å². The Morgan fingerprint density at radius 1 is 1.07 bits per heavy atom. The van der Waals surface area contributed by atoms with Crippen molar-refractivity contribution in [1.29, 1.82) is 0 Å². The van der Waals surface area contributed by atoms with Crippen molar-refractivity contribution in [2.24, 2.45) is 0 Å². The molecule has 0 saturated carbocycles. The van der Waals surface area contributed by atoms with Gasteiger partial charge in [-0.15, -0.1) is 9.78 Å². The summed E-state index contributed by atoms with van der Waals surface area (Å²) in [5.74, 6) is 0. The number of carbonyl (C=O) groups excluding carboxylic acids is 2. The summed E-state index contributed by atoms with van der Waals surface area (Å²) in [6, 6.07) is 0. The summed E-state index contributed by atoms with van der Waals surface area (Å²) in [6.07, 6.45) is 5.14. The second-order valence-electron chi connectivity index (χ2n) is 2.02. The van der Waals surface area contributed by atoms with Crippen LogP contribution in [-0.2, 0) is 18.9 Å². The fraction of sp³-hybridized carbons (Fsp3) is 0.667. The Morgan fingerprint density at radius 3 is 1.50 bits per heavy atom. The summed E-state index contributed by atoms with van der Waals surface area (Å²) in [7, 11) is -3.17. The van der Waals surface area contributed by atoms with Gasteiger partial charge in [-0.05, 0) is 0 Å². The summed E-state index contributed by atoms with van der Waals surface area (Å²) in [5, 5.41) is 16.6. The van der Waals surface area contributed by atoms with Gasteiger partial charge < -0.3 is 14.4 Å². The van der Waals surface area contributed by atoms with E-state index in [0.29, 0.717) is 0 Å². The molecule has 2 rings (SSSR count). The lowest BCUT2D eigenvalue weighted by atomic mass is 10.3. The summed E-state index contributed by atoms with van der Waals surface area (Å²) >= 11 is 0. The van der Waals surface area contributed by atoms with Crippen LogP contribution in [0.1, 0.15) is 12.8 Å². The Labute approximate surface area is 80.3 Å². The van der Waals surface area contributed by atoms with Crippen LogP contribution in [0.5, 0.6) is 0 Å². The van der Waals surface area contributed by atoms with Gasteiger partial charge in [-0.2, -0.15) is 0 Å². The van der Waals surface area contributed by atoms with E-state index in [1.54, 1.807) is 12.6 Å². The largest absolute Gasteiger partial charge is 0.867 e. The summed E-state index contributed by atoms with van der Waals surface area (Å²) in [6.45, 7) is 1.44. The maximum absolute atomic E-state index is 9.89. The Hall–Kier alpha value is -1.15. The van der Waals surface area contributed by atoms with Crippen molar-refractivity contribution in [2.45, 2.75) is 12.8 Å². The molecular formula is C6H10BFO6. The minimum absolute atomic E-state index is 0.722. The van der Waals surface area contributed by atoms with Crippen LogP contribution in [-0.4, -0.2) is 33.2 Å². The number of halogens is 1. The van der Waals surface area contributed by atoms with Crippen LogP contribution in [0.15, 0.2) is 0 Å². The van der Waals surface area contributed by atoms with Crippen molar-refractivity contribution in [2.75, 3.05) is 13.2 Å². The summed E-state index contributed by atoms with van der Waals surface area (Å²) in [4.78, 5) is 8.78. The van der Waals surface area contributed by atoms with Gasteiger partial charge in [0.1, 0.15) is 20.2 Å². The minimum Gasteiger partial charge on any atom is -0.867 e. The first-order chi connectivity index (χ1) is 6.73. The Bertz CT molecular complexity index is 143. The molecule has 2 heterocycles. The molecule has 0 radical (unpaired) electrons. The number of aldehydes is 2. The van der Waals surface area contributed by atoms with Gasteiger partial charge in [0.25, 0.3) is 0 Å². The van der Waals surface area contributed by atoms with E-state index in [1.807, 2.05) is 0 Å². The lowest BCUT2D eigenvalue weighted by Crippen LogP contribution is -2.39. The topological polar surface area (TPSA) is 87.2 Å². The monoisotopic (exact) mass is 208 g/mol. The van der Waals surface area contributed by atoms with Gasteiger partial charge in [0.05, 0.1) is 0 Å². The molecule has 0 atom stereocenters. The molecule has 0 N–H and O–H groups in total. The third-order valence-electron chi connectivity index (χ3n) is 0.910. The molecule has 80 valence electrons. The smallest absolute Gasteiger partial charge is 0.378 e. The van der Waals surface area contributed by atoms with E-state index in [4.69, 9.17) is 10.0 Å². The van der Waals surface area contributed by atoms with Gasteiger partial charge in [-0.1, -0.05) is 0 Å². The van der Waals surface area contributed by atoms with E-state index in [2.05, 4.69) is 18.9 Å². The van der Waals surface area contributed by atoms with Crippen molar-refractivity contribution in [3.63, 3.8) is 0 Å². The molecule has 0 amide bonds. The normalized spacial score (nSPS) is 15.6. The van der Waals surface area contributed by atoms with Gasteiger partial charge in [-0.3, -0.25) is 0 Å². The average Bonchev–Trinajstić information content (AvgIpc) is 2.83.